The highest BCUT2D eigenvalue weighted by Gasteiger charge is 2.20. The number of carbonyl (C=O) groups is 1. The van der Waals surface area contributed by atoms with Crippen LogP contribution in [0.3, 0.4) is 0 Å². The number of halogens is 1. The van der Waals surface area contributed by atoms with Gasteiger partial charge in [-0.25, -0.2) is 4.99 Å². The molecule has 1 fully saturated rings. The second-order valence-corrected chi connectivity index (χ2v) is 7.18. The summed E-state index contributed by atoms with van der Waals surface area (Å²) in [6.45, 7) is 16.4. The van der Waals surface area contributed by atoms with Gasteiger partial charge in [0, 0.05) is 46.2 Å². The van der Waals surface area contributed by atoms with E-state index in [9.17, 15) is 4.79 Å². The molecule has 1 heterocycles. The maximum absolute atomic E-state index is 11.5. The van der Waals surface area contributed by atoms with Crippen LogP contribution in [0.1, 0.15) is 33.3 Å². The van der Waals surface area contributed by atoms with Gasteiger partial charge in [0.05, 0.1) is 6.54 Å². The molecular weight excluding hydrogens is 493 g/mol. The number of rotatable bonds is 9. The summed E-state index contributed by atoms with van der Waals surface area (Å²) in [7, 11) is 0. The Labute approximate surface area is 198 Å². The summed E-state index contributed by atoms with van der Waals surface area (Å²) in [5.74, 6) is 1.96. The number of hydrogen-bond acceptors (Lipinski definition) is 4. The molecule has 1 aromatic carbocycles. The average Bonchev–Trinajstić information content (AvgIpc) is 2.75. The minimum absolute atomic E-state index is 0. The van der Waals surface area contributed by atoms with Gasteiger partial charge in [-0.15, -0.1) is 24.0 Å². The number of nitrogens with zero attached hydrogens (tertiary/aromatic N) is 4. The fourth-order valence-corrected chi connectivity index (χ4v) is 3.35. The van der Waals surface area contributed by atoms with Crippen LogP contribution in [-0.4, -0.2) is 85.5 Å². The monoisotopic (exact) mass is 531 g/mol. The summed E-state index contributed by atoms with van der Waals surface area (Å²) in [5.41, 5.74) is 1.15. The Morgan fingerprint density at radius 3 is 2.20 bits per heavy atom. The minimum Gasteiger partial charge on any atom is -0.492 e. The van der Waals surface area contributed by atoms with Crippen molar-refractivity contribution in [3.05, 3.63) is 29.8 Å². The molecule has 1 aliphatic heterocycles. The van der Waals surface area contributed by atoms with Crippen molar-refractivity contribution in [1.82, 2.24) is 20.0 Å². The number of benzene rings is 1. The van der Waals surface area contributed by atoms with E-state index in [0.717, 1.165) is 69.6 Å². The third kappa shape index (κ3) is 8.67. The molecular formula is C22H38IN5O2. The fourth-order valence-electron chi connectivity index (χ4n) is 3.35. The predicted molar refractivity (Wildman–Crippen MR) is 134 cm³/mol. The Bertz CT molecular complexity index is 641. The molecule has 1 amide bonds. The molecule has 8 heteroatoms. The van der Waals surface area contributed by atoms with Crippen molar-refractivity contribution in [3.63, 3.8) is 0 Å². The lowest BCUT2D eigenvalue weighted by molar-refractivity contribution is -0.130. The zero-order chi connectivity index (χ0) is 21.1. The molecule has 0 unspecified atom stereocenters. The molecule has 7 nitrogen and oxygen atoms in total. The van der Waals surface area contributed by atoms with Crippen LogP contribution < -0.4 is 10.1 Å². The molecule has 0 saturated carbocycles. The lowest BCUT2D eigenvalue weighted by Gasteiger charge is -2.36. The van der Waals surface area contributed by atoms with Crippen molar-refractivity contribution in [2.75, 3.05) is 59.0 Å². The number of ether oxygens (including phenoxy) is 1. The molecule has 0 atom stereocenters. The van der Waals surface area contributed by atoms with Crippen molar-refractivity contribution in [1.29, 1.82) is 0 Å². The highest BCUT2D eigenvalue weighted by Crippen LogP contribution is 2.13. The van der Waals surface area contributed by atoms with Crippen molar-refractivity contribution < 1.29 is 9.53 Å². The maximum Gasteiger partial charge on any atom is 0.219 e. The third-order valence-corrected chi connectivity index (χ3v) is 5.26. The number of hydrogen-bond donors (Lipinski definition) is 1. The van der Waals surface area contributed by atoms with Gasteiger partial charge in [-0.1, -0.05) is 26.0 Å². The van der Waals surface area contributed by atoms with Crippen LogP contribution in [0.25, 0.3) is 0 Å². The van der Waals surface area contributed by atoms with Crippen LogP contribution in [0.2, 0.25) is 0 Å². The molecule has 0 aromatic heterocycles. The van der Waals surface area contributed by atoms with E-state index < -0.39 is 0 Å². The van der Waals surface area contributed by atoms with E-state index >= 15 is 0 Å². The largest absolute Gasteiger partial charge is 0.492 e. The summed E-state index contributed by atoms with van der Waals surface area (Å²) >= 11 is 0. The molecule has 170 valence electrons. The summed E-state index contributed by atoms with van der Waals surface area (Å²) in [5, 5.41) is 3.37. The first-order valence-electron chi connectivity index (χ1n) is 10.8. The highest BCUT2D eigenvalue weighted by atomic mass is 127. The van der Waals surface area contributed by atoms with Crippen LogP contribution in [0, 0.1) is 0 Å². The molecule has 0 radical (unpaired) electrons. The van der Waals surface area contributed by atoms with Crippen molar-refractivity contribution >= 4 is 35.8 Å². The lowest BCUT2D eigenvalue weighted by atomic mass is 10.2. The SMILES string of the molecule is CCNC(=NCc1ccc(OCCN(CC)CC)cc1)N1CCN(C(C)=O)CC1.I. The standard InChI is InChI=1S/C22H37N5O2.HI/c1-5-23-22(27-14-12-26(13-15-27)19(4)28)24-18-20-8-10-21(11-9-20)29-17-16-25(6-2)7-3;/h8-11H,5-7,12-18H2,1-4H3,(H,23,24);1H. The fraction of sp³-hybridized carbons (Fsp3) is 0.636. The molecule has 1 aromatic rings. The Hall–Kier alpha value is -1.55. The number of guanidine groups is 1. The molecule has 1 aliphatic rings. The number of aliphatic imine (C=N–C) groups is 1. The zero-order valence-electron chi connectivity index (χ0n) is 18.9. The first-order chi connectivity index (χ1) is 14.1. The Morgan fingerprint density at radius 2 is 1.67 bits per heavy atom. The molecule has 0 spiro atoms. The zero-order valence-corrected chi connectivity index (χ0v) is 21.2. The summed E-state index contributed by atoms with van der Waals surface area (Å²) in [4.78, 5) is 22.8. The van der Waals surface area contributed by atoms with Crippen LogP contribution in [0.15, 0.2) is 29.3 Å². The van der Waals surface area contributed by atoms with Crippen molar-refractivity contribution in [3.8, 4) is 5.75 Å². The van der Waals surface area contributed by atoms with Gasteiger partial charge in [0.15, 0.2) is 5.96 Å². The number of likely N-dealkylation sites (N-methyl/N-ethyl adjacent to an activating group) is 1. The first-order valence-corrected chi connectivity index (χ1v) is 10.8. The van der Waals surface area contributed by atoms with Crippen LogP contribution in [0.5, 0.6) is 5.75 Å². The van der Waals surface area contributed by atoms with Gasteiger partial charge in [-0.05, 0) is 37.7 Å². The molecule has 1 saturated heterocycles. The van der Waals surface area contributed by atoms with E-state index in [1.165, 1.54) is 0 Å². The quantitative estimate of drug-likeness (QED) is 0.302. The van der Waals surface area contributed by atoms with Gasteiger partial charge in [0.2, 0.25) is 5.91 Å². The second-order valence-electron chi connectivity index (χ2n) is 7.18. The minimum atomic E-state index is 0. The molecule has 0 aliphatic carbocycles. The number of amides is 1. The Morgan fingerprint density at radius 1 is 1.07 bits per heavy atom. The smallest absolute Gasteiger partial charge is 0.219 e. The molecule has 0 bridgehead atoms. The second kappa shape index (κ2) is 14.5. The average molecular weight is 531 g/mol. The van der Waals surface area contributed by atoms with E-state index in [4.69, 9.17) is 9.73 Å². The van der Waals surface area contributed by atoms with E-state index in [1.54, 1.807) is 6.92 Å². The van der Waals surface area contributed by atoms with Gasteiger partial charge in [0.25, 0.3) is 0 Å². The molecule has 2 rings (SSSR count). The molecule has 1 N–H and O–H groups in total. The predicted octanol–water partition coefficient (Wildman–Crippen LogP) is 2.65. The third-order valence-electron chi connectivity index (χ3n) is 5.26. The van der Waals surface area contributed by atoms with Crippen LogP contribution in [-0.2, 0) is 11.3 Å². The summed E-state index contributed by atoms with van der Waals surface area (Å²) < 4.78 is 5.85. The Kier molecular flexibility index (Phi) is 12.8. The van der Waals surface area contributed by atoms with Crippen molar-refractivity contribution in [2.45, 2.75) is 34.2 Å². The van der Waals surface area contributed by atoms with E-state index in [-0.39, 0.29) is 29.9 Å². The highest BCUT2D eigenvalue weighted by molar-refractivity contribution is 14.0. The van der Waals surface area contributed by atoms with Gasteiger partial charge in [-0.2, -0.15) is 0 Å². The van der Waals surface area contributed by atoms with Gasteiger partial charge in [-0.3, -0.25) is 4.79 Å². The van der Waals surface area contributed by atoms with Crippen molar-refractivity contribution in [2.24, 2.45) is 4.99 Å². The van der Waals surface area contributed by atoms with E-state index in [2.05, 4.69) is 48.0 Å². The van der Waals surface area contributed by atoms with E-state index in [0.29, 0.717) is 13.2 Å². The summed E-state index contributed by atoms with van der Waals surface area (Å²) in [6, 6.07) is 8.19. The number of piperazine rings is 1. The number of carbonyl (C=O) groups excluding carboxylic acids is 1. The molecule has 30 heavy (non-hydrogen) atoms. The van der Waals surface area contributed by atoms with Gasteiger partial charge in [0.1, 0.15) is 12.4 Å². The van der Waals surface area contributed by atoms with Gasteiger partial charge < -0.3 is 24.8 Å². The lowest BCUT2D eigenvalue weighted by Crippen LogP contribution is -2.53. The van der Waals surface area contributed by atoms with Crippen LogP contribution >= 0.6 is 24.0 Å². The van der Waals surface area contributed by atoms with E-state index in [1.807, 2.05) is 17.0 Å². The maximum atomic E-state index is 11.5. The van der Waals surface area contributed by atoms with Gasteiger partial charge >= 0.3 is 0 Å². The first kappa shape index (κ1) is 26.5. The Balaban J connectivity index is 0.00000450. The van der Waals surface area contributed by atoms with Crippen LogP contribution in [0.4, 0.5) is 0 Å². The normalized spacial score (nSPS) is 14.5. The summed E-state index contributed by atoms with van der Waals surface area (Å²) in [6.07, 6.45) is 0. The topological polar surface area (TPSA) is 60.4 Å². The number of nitrogens with one attached hydrogen (secondary N) is 1.